The van der Waals surface area contributed by atoms with Gasteiger partial charge in [-0.1, -0.05) is 42.4 Å². The van der Waals surface area contributed by atoms with Crippen molar-refractivity contribution in [1.29, 1.82) is 0 Å². The van der Waals surface area contributed by atoms with E-state index in [0.29, 0.717) is 17.8 Å². The molecule has 27 heavy (non-hydrogen) atoms. The van der Waals surface area contributed by atoms with Crippen molar-refractivity contribution in [3.63, 3.8) is 0 Å². The second-order valence-corrected chi connectivity index (χ2v) is 6.66. The van der Waals surface area contributed by atoms with Gasteiger partial charge in [0.25, 0.3) is 0 Å². The maximum Gasteiger partial charge on any atom is 0.317 e. The van der Waals surface area contributed by atoms with Crippen LogP contribution >= 0.6 is 12.4 Å². The van der Waals surface area contributed by atoms with Crippen LogP contribution in [0.2, 0.25) is 0 Å². The standard InChI is InChI=1S/C19H26N4O3.ClH/c1-2-23(14-18(24)25)16-8-11-22(12-9-16)13-10-17-20-19(21-26-17)15-6-4-3-5-7-15;/h3-7,16H,2,8-14H2,1H3,(H,24,25);1H. The van der Waals surface area contributed by atoms with Gasteiger partial charge < -0.3 is 14.5 Å². The molecule has 3 rings (SSSR count). The Morgan fingerprint density at radius 1 is 1.30 bits per heavy atom. The number of hydrogen-bond acceptors (Lipinski definition) is 6. The summed E-state index contributed by atoms with van der Waals surface area (Å²) < 4.78 is 5.37. The zero-order valence-electron chi connectivity index (χ0n) is 15.6. The zero-order chi connectivity index (χ0) is 18.4. The van der Waals surface area contributed by atoms with Crippen LogP contribution in [0.25, 0.3) is 11.4 Å². The topological polar surface area (TPSA) is 82.7 Å². The number of carboxylic acids is 1. The van der Waals surface area contributed by atoms with Gasteiger partial charge in [0.05, 0.1) is 6.54 Å². The Balaban J connectivity index is 0.00000261. The van der Waals surface area contributed by atoms with Crippen LogP contribution in [0.3, 0.4) is 0 Å². The molecular weight excluding hydrogens is 368 g/mol. The molecule has 1 N–H and O–H groups in total. The lowest BCUT2D eigenvalue weighted by atomic mass is 10.0. The van der Waals surface area contributed by atoms with Crippen LogP contribution in [0.15, 0.2) is 34.9 Å². The highest BCUT2D eigenvalue weighted by Gasteiger charge is 2.25. The highest BCUT2D eigenvalue weighted by Crippen LogP contribution is 2.18. The normalized spacial score (nSPS) is 15.6. The van der Waals surface area contributed by atoms with E-state index in [4.69, 9.17) is 9.63 Å². The summed E-state index contributed by atoms with van der Waals surface area (Å²) in [5.41, 5.74) is 0.960. The zero-order valence-corrected chi connectivity index (χ0v) is 16.4. The molecule has 0 aliphatic carbocycles. The minimum atomic E-state index is -0.750. The third-order valence-corrected chi connectivity index (χ3v) is 4.96. The van der Waals surface area contributed by atoms with E-state index in [1.54, 1.807) is 0 Å². The molecule has 1 aliphatic heterocycles. The third-order valence-electron chi connectivity index (χ3n) is 4.96. The molecule has 1 aromatic carbocycles. The van der Waals surface area contributed by atoms with Gasteiger partial charge in [-0.25, -0.2) is 0 Å². The van der Waals surface area contributed by atoms with Crippen molar-refractivity contribution >= 4 is 18.4 Å². The second kappa shape index (κ2) is 10.4. The molecule has 1 saturated heterocycles. The van der Waals surface area contributed by atoms with Crippen molar-refractivity contribution in [2.24, 2.45) is 0 Å². The number of carboxylic acid groups (broad SMARTS) is 1. The molecule has 0 spiro atoms. The number of hydrogen-bond donors (Lipinski definition) is 1. The smallest absolute Gasteiger partial charge is 0.317 e. The van der Waals surface area contributed by atoms with E-state index >= 15 is 0 Å². The van der Waals surface area contributed by atoms with Gasteiger partial charge in [0.1, 0.15) is 0 Å². The van der Waals surface area contributed by atoms with Crippen LogP contribution in [0.1, 0.15) is 25.7 Å². The van der Waals surface area contributed by atoms with E-state index in [-0.39, 0.29) is 19.0 Å². The van der Waals surface area contributed by atoms with Crippen LogP contribution in [-0.2, 0) is 11.2 Å². The van der Waals surface area contributed by atoms with E-state index in [1.807, 2.05) is 37.3 Å². The minimum Gasteiger partial charge on any atom is -0.480 e. The number of rotatable bonds is 8. The minimum absolute atomic E-state index is 0. The maximum absolute atomic E-state index is 11.0. The SMILES string of the molecule is CCN(CC(=O)O)C1CCN(CCc2nc(-c3ccccc3)no2)CC1.Cl. The lowest BCUT2D eigenvalue weighted by Crippen LogP contribution is -2.46. The molecule has 1 fully saturated rings. The fraction of sp³-hybridized carbons (Fsp3) is 0.526. The third kappa shape index (κ3) is 6.02. The van der Waals surface area contributed by atoms with Gasteiger partial charge in [0.2, 0.25) is 11.7 Å². The van der Waals surface area contributed by atoms with E-state index in [1.165, 1.54) is 0 Å². The Kier molecular flexibility index (Phi) is 8.22. The fourth-order valence-electron chi connectivity index (χ4n) is 3.50. The lowest BCUT2D eigenvalue weighted by Gasteiger charge is -2.37. The summed E-state index contributed by atoms with van der Waals surface area (Å²) in [6, 6.07) is 10.2. The lowest BCUT2D eigenvalue weighted by molar-refractivity contribution is -0.139. The first-order valence-electron chi connectivity index (χ1n) is 9.22. The summed E-state index contributed by atoms with van der Waals surface area (Å²) >= 11 is 0. The van der Waals surface area contributed by atoms with E-state index in [9.17, 15) is 4.79 Å². The van der Waals surface area contributed by atoms with Crippen molar-refractivity contribution in [3.05, 3.63) is 36.2 Å². The quantitative estimate of drug-likeness (QED) is 0.736. The summed E-state index contributed by atoms with van der Waals surface area (Å²) in [7, 11) is 0. The Bertz CT molecular complexity index is 702. The first kappa shape index (κ1) is 21.3. The van der Waals surface area contributed by atoms with E-state index < -0.39 is 5.97 Å². The Labute approximate surface area is 165 Å². The molecule has 1 aliphatic rings. The van der Waals surface area contributed by atoms with E-state index in [0.717, 1.165) is 51.0 Å². The number of nitrogens with zero attached hydrogens (tertiary/aromatic N) is 4. The largest absolute Gasteiger partial charge is 0.480 e. The predicted octanol–water partition coefficient (Wildman–Crippen LogP) is 2.57. The van der Waals surface area contributed by atoms with Gasteiger partial charge in [-0.15, -0.1) is 12.4 Å². The molecule has 0 radical (unpaired) electrons. The van der Waals surface area contributed by atoms with Gasteiger partial charge in [0.15, 0.2) is 0 Å². The average Bonchev–Trinajstić information content (AvgIpc) is 3.14. The Hall–Kier alpha value is -1.96. The summed E-state index contributed by atoms with van der Waals surface area (Å²) in [6.07, 6.45) is 2.73. The van der Waals surface area contributed by atoms with Gasteiger partial charge >= 0.3 is 5.97 Å². The van der Waals surface area contributed by atoms with Crippen LogP contribution in [-0.4, -0.2) is 69.8 Å². The highest BCUT2D eigenvalue weighted by atomic mass is 35.5. The average molecular weight is 395 g/mol. The molecule has 8 heteroatoms. The molecule has 0 saturated carbocycles. The number of halogens is 1. The summed E-state index contributed by atoms with van der Waals surface area (Å²) in [6.45, 7) is 5.76. The Morgan fingerprint density at radius 3 is 2.63 bits per heavy atom. The number of aromatic nitrogens is 2. The van der Waals surface area contributed by atoms with Gasteiger partial charge in [-0.2, -0.15) is 4.98 Å². The van der Waals surface area contributed by atoms with E-state index in [2.05, 4.69) is 19.9 Å². The van der Waals surface area contributed by atoms with Gasteiger partial charge in [-0.05, 0) is 32.5 Å². The molecule has 0 bridgehead atoms. The van der Waals surface area contributed by atoms with Crippen molar-refractivity contribution in [2.45, 2.75) is 32.2 Å². The van der Waals surface area contributed by atoms with Gasteiger partial charge in [0, 0.05) is 24.6 Å². The van der Waals surface area contributed by atoms with Crippen LogP contribution < -0.4 is 0 Å². The molecule has 2 heterocycles. The molecule has 0 amide bonds. The van der Waals surface area contributed by atoms with Crippen molar-refractivity contribution < 1.29 is 14.4 Å². The second-order valence-electron chi connectivity index (χ2n) is 6.66. The van der Waals surface area contributed by atoms with Crippen LogP contribution in [0, 0.1) is 0 Å². The number of aliphatic carboxylic acids is 1. The summed E-state index contributed by atoms with van der Waals surface area (Å²) in [5, 5.41) is 13.1. The number of piperidine rings is 1. The monoisotopic (exact) mass is 394 g/mol. The molecule has 7 nitrogen and oxygen atoms in total. The number of carbonyl (C=O) groups is 1. The Morgan fingerprint density at radius 2 is 2.00 bits per heavy atom. The molecule has 1 aromatic heterocycles. The molecular formula is C19H27ClN4O3. The predicted molar refractivity (Wildman–Crippen MR) is 105 cm³/mol. The van der Waals surface area contributed by atoms with Crippen LogP contribution in [0.5, 0.6) is 0 Å². The van der Waals surface area contributed by atoms with Crippen molar-refractivity contribution in [3.8, 4) is 11.4 Å². The highest BCUT2D eigenvalue weighted by molar-refractivity contribution is 5.85. The first-order valence-corrected chi connectivity index (χ1v) is 9.22. The molecule has 0 atom stereocenters. The molecule has 148 valence electrons. The first-order chi connectivity index (χ1) is 12.7. The van der Waals surface area contributed by atoms with Crippen LogP contribution in [0.4, 0.5) is 0 Å². The number of likely N-dealkylation sites (tertiary alicyclic amines) is 1. The maximum atomic E-state index is 11.0. The molecule has 0 unspecified atom stereocenters. The number of benzene rings is 1. The van der Waals surface area contributed by atoms with Crippen molar-refractivity contribution in [1.82, 2.24) is 19.9 Å². The summed E-state index contributed by atoms with van der Waals surface area (Å²) in [5.74, 6) is 0.540. The summed E-state index contributed by atoms with van der Waals surface area (Å²) in [4.78, 5) is 19.9. The van der Waals surface area contributed by atoms with Crippen molar-refractivity contribution in [2.75, 3.05) is 32.7 Å². The molecule has 2 aromatic rings. The number of likely N-dealkylation sites (N-methyl/N-ethyl adjacent to an activating group) is 1. The fourth-order valence-corrected chi connectivity index (χ4v) is 3.50. The van der Waals surface area contributed by atoms with Gasteiger partial charge in [-0.3, -0.25) is 9.69 Å².